The molecule has 0 radical (unpaired) electrons. The molecule has 4 fully saturated rings. The van der Waals surface area contributed by atoms with Gasteiger partial charge in [-0.3, -0.25) is 4.79 Å². The molecule has 0 amide bonds. The normalized spacial score (nSPS) is 42.1. The number of thiophene rings is 1. The Morgan fingerprint density at radius 2 is 1.90 bits per heavy atom. The predicted octanol–water partition coefficient (Wildman–Crippen LogP) is 4.29. The molecule has 1 aromatic rings. The standard InChI is InChI=1S/C17H22O2S/c1-10-3-14(11(2)20-10)16-5-12-4-13(6-16)8-17(7-12,9-16)15(18)19/h3,12-13H,4-9H2,1-2H3,(H,18,19). The number of rotatable bonds is 2. The molecule has 3 heteroatoms. The summed E-state index contributed by atoms with van der Waals surface area (Å²) in [6.45, 7) is 4.40. The van der Waals surface area contributed by atoms with Crippen LogP contribution in [0, 0.1) is 31.1 Å². The zero-order chi connectivity index (χ0) is 14.1. The average Bonchev–Trinajstić information content (AvgIpc) is 2.67. The molecule has 4 saturated carbocycles. The molecule has 4 aliphatic carbocycles. The summed E-state index contributed by atoms with van der Waals surface area (Å²) >= 11 is 1.88. The lowest BCUT2D eigenvalue weighted by molar-refractivity contribution is -0.167. The Bertz CT molecular complexity index is 572. The highest BCUT2D eigenvalue weighted by molar-refractivity contribution is 7.12. The monoisotopic (exact) mass is 290 g/mol. The Hall–Kier alpha value is -0.830. The van der Waals surface area contributed by atoms with Crippen LogP contribution in [-0.2, 0) is 10.2 Å². The molecule has 0 spiro atoms. The molecule has 0 saturated heterocycles. The van der Waals surface area contributed by atoms with Gasteiger partial charge in [-0.05, 0) is 81.3 Å². The lowest BCUT2D eigenvalue weighted by Gasteiger charge is -2.60. The van der Waals surface area contributed by atoms with Gasteiger partial charge in [-0.1, -0.05) is 0 Å². The molecule has 2 atom stereocenters. The minimum Gasteiger partial charge on any atom is -0.481 e. The minimum atomic E-state index is -0.527. The van der Waals surface area contributed by atoms with Crippen LogP contribution in [0.1, 0.15) is 53.8 Å². The molecule has 2 unspecified atom stereocenters. The Kier molecular flexibility index (Phi) is 2.50. The Balaban J connectivity index is 1.83. The summed E-state index contributed by atoms with van der Waals surface area (Å²) in [6.07, 6.45) is 6.49. The number of aryl methyl sites for hydroxylation is 2. The van der Waals surface area contributed by atoms with Crippen molar-refractivity contribution in [1.29, 1.82) is 0 Å². The van der Waals surface area contributed by atoms with Crippen LogP contribution in [0.5, 0.6) is 0 Å². The summed E-state index contributed by atoms with van der Waals surface area (Å²) in [5.74, 6) is 0.763. The van der Waals surface area contributed by atoms with Gasteiger partial charge in [0.2, 0.25) is 0 Å². The van der Waals surface area contributed by atoms with Crippen LogP contribution in [0.25, 0.3) is 0 Å². The zero-order valence-corrected chi connectivity index (χ0v) is 13.1. The fourth-order valence-corrected chi connectivity index (χ4v) is 7.03. The van der Waals surface area contributed by atoms with Crippen molar-refractivity contribution in [2.45, 2.75) is 57.8 Å². The molecule has 1 aromatic heterocycles. The number of carboxylic acids is 1. The molecule has 0 aromatic carbocycles. The van der Waals surface area contributed by atoms with Crippen LogP contribution in [-0.4, -0.2) is 11.1 Å². The van der Waals surface area contributed by atoms with E-state index < -0.39 is 11.4 Å². The second-order valence-electron chi connectivity index (χ2n) is 7.65. The van der Waals surface area contributed by atoms with Crippen molar-refractivity contribution in [3.63, 3.8) is 0 Å². The highest BCUT2D eigenvalue weighted by Gasteiger charge is 2.61. The van der Waals surface area contributed by atoms with Gasteiger partial charge in [0.15, 0.2) is 0 Å². The van der Waals surface area contributed by atoms with Crippen molar-refractivity contribution in [2.24, 2.45) is 17.3 Å². The van der Waals surface area contributed by atoms with E-state index in [9.17, 15) is 9.90 Å². The lowest BCUT2D eigenvalue weighted by atomic mass is 9.43. The highest BCUT2D eigenvalue weighted by Crippen LogP contribution is 2.66. The molecule has 20 heavy (non-hydrogen) atoms. The van der Waals surface area contributed by atoms with Crippen molar-refractivity contribution in [1.82, 2.24) is 0 Å². The predicted molar refractivity (Wildman–Crippen MR) is 80.2 cm³/mol. The molecule has 5 rings (SSSR count). The number of hydrogen-bond donors (Lipinski definition) is 1. The topological polar surface area (TPSA) is 37.3 Å². The third kappa shape index (κ3) is 1.59. The fourth-order valence-electron chi connectivity index (χ4n) is 5.99. The second kappa shape index (κ2) is 3.88. The molecule has 2 nitrogen and oxygen atoms in total. The molecule has 4 bridgehead atoms. The SMILES string of the molecule is Cc1cc(C23CC4CC(CC(C(=O)O)(C4)C2)C3)c(C)s1. The zero-order valence-electron chi connectivity index (χ0n) is 12.2. The molecule has 1 N–H and O–H groups in total. The van der Waals surface area contributed by atoms with Gasteiger partial charge >= 0.3 is 5.97 Å². The number of hydrogen-bond acceptors (Lipinski definition) is 2. The maximum absolute atomic E-state index is 11.9. The largest absolute Gasteiger partial charge is 0.481 e. The smallest absolute Gasteiger partial charge is 0.309 e. The number of carbonyl (C=O) groups is 1. The van der Waals surface area contributed by atoms with Crippen LogP contribution in [0.4, 0.5) is 0 Å². The van der Waals surface area contributed by atoms with Gasteiger partial charge < -0.3 is 5.11 Å². The van der Waals surface area contributed by atoms with Crippen molar-refractivity contribution >= 4 is 17.3 Å². The van der Waals surface area contributed by atoms with Crippen LogP contribution in [0.2, 0.25) is 0 Å². The van der Waals surface area contributed by atoms with Gasteiger partial charge in [-0.25, -0.2) is 0 Å². The second-order valence-corrected chi connectivity index (χ2v) is 9.11. The van der Waals surface area contributed by atoms with Gasteiger partial charge in [0.1, 0.15) is 0 Å². The molecule has 0 aliphatic heterocycles. The Morgan fingerprint density at radius 1 is 1.25 bits per heavy atom. The summed E-state index contributed by atoms with van der Waals surface area (Å²) in [7, 11) is 0. The first-order chi connectivity index (χ1) is 9.42. The summed E-state index contributed by atoms with van der Waals surface area (Å²) in [5, 5.41) is 9.82. The third-order valence-electron chi connectivity index (χ3n) is 6.13. The first-order valence-electron chi connectivity index (χ1n) is 7.73. The van der Waals surface area contributed by atoms with E-state index in [0.29, 0.717) is 11.8 Å². The minimum absolute atomic E-state index is 0.178. The van der Waals surface area contributed by atoms with E-state index in [1.807, 2.05) is 11.3 Å². The van der Waals surface area contributed by atoms with Crippen LogP contribution >= 0.6 is 11.3 Å². The first-order valence-corrected chi connectivity index (χ1v) is 8.55. The van der Waals surface area contributed by atoms with Crippen molar-refractivity contribution in [3.05, 3.63) is 21.4 Å². The molecule has 4 aliphatic rings. The van der Waals surface area contributed by atoms with Crippen molar-refractivity contribution < 1.29 is 9.90 Å². The molecule has 1 heterocycles. The van der Waals surface area contributed by atoms with E-state index in [4.69, 9.17) is 0 Å². The quantitative estimate of drug-likeness (QED) is 0.882. The van der Waals surface area contributed by atoms with E-state index in [-0.39, 0.29) is 5.41 Å². The van der Waals surface area contributed by atoms with Crippen molar-refractivity contribution in [2.75, 3.05) is 0 Å². The van der Waals surface area contributed by atoms with Gasteiger partial charge in [-0.2, -0.15) is 0 Å². The van der Waals surface area contributed by atoms with Crippen LogP contribution in [0.15, 0.2) is 6.07 Å². The van der Waals surface area contributed by atoms with Gasteiger partial charge in [-0.15, -0.1) is 11.3 Å². The van der Waals surface area contributed by atoms with E-state index in [1.165, 1.54) is 34.6 Å². The Labute approximate surface area is 124 Å². The summed E-state index contributed by atoms with van der Waals surface area (Å²) in [5.41, 5.74) is 1.25. The van der Waals surface area contributed by atoms with Crippen LogP contribution < -0.4 is 0 Å². The van der Waals surface area contributed by atoms with Gasteiger partial charge in [0.05, 0.1) is 5.41 Å². The van der Waals surface area contributed by atoms with E-state index in [2.05, 4.69) is 19.9 Å². The maximum atomic E-state index is 11.9. The Morgan fingerprint density at radius 3 is 2.40 bits per heavy atom. The summed E-state index contributed by atoms with van der Waals surface area (Å²) < 4.78 is 0. The highest BCUT2D eigenvalue weighted by atomic mass is 32.1. The van der Waals surface area contributed by atoms with Crippen LogP contribution in [0.3, 0.4) is 0 Å². The maximum Gasteiger partial charge on any atom is 0.309 e. The van der Waals surface area contributed by atoms with E-state index >= 15 is 0 Å². The van der Waals surface area contributed by atoms with E-state index in [0.717, 1.165) is 19.3 Å². The lowest BCUT2D eigenvalue weighted by Crippen LogP contribution is -2.56. The number of aliphatic carboxylic acids is 1. The average molecular weight is 290 g/mol. The molecular formula is C17H22O2S. The fraction of sp³-hybridized carbons (Fsp3) is 0.706. The molecular weight excluding hydrogens is 268 g/mol. The van der Waals surface area contributed by atoms with Gasteiger partial charge in [0, 0.05) is 9.75 Å². The number of carboxylic acid groups (broad SMARTS) is 1. The first kappa shape index (κ1) is 12.9. The summed E-state index contributed by atoms with van der Waals surface area (Å²) in [6, 6.07) is 2.35. The van der Waals surface area contributed by atoms with Gasteiger partial charge in [0.25, 0.3) is 0 Å². The van der Waals surface area contributed by atoms with E-state index in [1.54, 1.807) is 0 Å². The summed E-state index contributed by atoms with van der Waals surface area (Å²) in [4.78, 5) is 14.7. The third-order valence-corrected chi connectivity index (χ3v) is 7.09. The van der Waals surface area contributed by atoms with Crippen molar-refractivity contribution in [3.8, 4) is 0 Å². The molecule has 108 valence electrons.